The van der Waals surface area contributed by atoms with Crippen molar-refractivity contribution in [1.82, 2.24) is 0 Å². The van der Waals surface area contributed by atoms with Crippen molar-refractivity contribution in [3.8, 4) is 0 Å². The highest BCUT2D eigenvalue weighted by atomic mass is 79.9. The number of hydrogen-bond donors (Lipinski definition) is 2. The number of aliphatic carboxylic acids is 1. The summed E-state index contributed by atoms with van der Waals surface area (Å²) >= 11 is 4.61. The molecule has 2 aromatic rings. The standard InChI is InChI=1S/C14H13BrN2O3S/c15-12-6-5-11(21-12)14(20)17(8-7-13(18)19)10-4-2-1-3-9(10)16/h1-6H,7-8,16H2,(H,18,19). The molecule has 1 aromatic carbocycles. The van der Waals surface area contributed by atoms with Crippen LogP contribution >= 0.6 is 27.3 Å². The lowest BCUT2D eigenvalue weighted by Gasteiger charge is -2.23. The van der Waals surface area contributed by atoms with E-state index < -0.39 is 5.97 Å². The normalized spacial score (nSPS) is 10.3. The molecule has 0 aliphatic rings. The quantitative estimate of drug-likeness (QED) is 0.793. The molecule has 1 amide bonds. The van der Waals surface area contributed by atoms with Gasteiger partial charge in [0, 0.05) is 6.54 Å². The van der Waals surface area contributed by atoms with Gasteiger partial charge in [-0.2, -0.15) is 0 Å². The number of carboxylic acids is 1. The molecule has 5 nitrogen and oxygen atoms in total. The van der Waals surface area contributed by atoms with Crippen molar-refractivity contribution in [2.24, 2.45) is 0 Å². The number of nitrogens with two attached hydrogens (primary N) is 1. The number of carbonyl (C=O) groups excluding carboxylic acids is 1. The van der Waals surface area contributed by atoms with Gasteiger partial charge in [-0.05, 0) is 40.2 Å². The highest BCUT2D eigenvalue weighted by molar-refractivity contribution is 9.11. The number of carbonyl (C=O) groups is 2. The zero-order valence-electron chi connectivity index (χ0n) is 11.0. The Morgan fingerprint density at radius 1 is 1.24 bits per heavy atom. The van der Waals surface area contributed by atoms with E-state index in [1.54, 1.807) is 36.4 Å². The van der Waals surface area contributed by atoms with E-state index in [1.165, 1.54) is 16.2 Å². The second kappa shape index (κ2) is 6.73. The summed E-state index contributed by atoms with van der Waals surface area (Å²) in [5.74, 6) is -1.22. The predicted octanol–water partition coefficient (Wildman–Crippen LogP) is 3.21. The molecule has 0 bridgehead atoms. The zero-order chi connectivity index (χ0) is 15.4. The first kappa shape index (κ1) is 15.5. The van der Waals surface area contributed by atoms with Gasteiger partial charge in [0.1, 0.15) is 0 Å². The molecule has 3 N–H and O–H groups in total. The van der Waals surface area contributed by atoms with Crippen molar-refractivity contribution < 1.29 is 14.7 Å². The van der Waals surface area contributed by atoms with Crippen LogP contribution in [0, 0.1) is 0 Å². The predicted molar refractivity (Wildman–Crippen MR) is 86.8 cm³/mol. The maximum Gasteiger partial charge on any atom is 0.305 e. The molecular weight excluding hydrogens is 356 g/mol. The van der Waals surface area contributed by atoms with Gasteiger partial charge in [-0.25, -0.2) is 0 Å². The summed E-state index contributed by atoms with van der Waals surface area (Å²) in [7, 11) is 0. The van der Waals surface area contributed by atoms with Crippen LogP contribution in [0.15, 0.2) is 40.2 Å². The van der Waals surface area contributed by atoms with E-state index in [4.69, 9.17) is 10.8 Å². The molecule has 0 radical (unpaired) electrons. The first-order valence-corrected chi connectivity index (χ1v) is 7.73. The highest BCUT2D eigenvalue weighted by Gasteiger charge is 2.21. The Bertz CT molecular complexity index is 672. The van der Waals surface area contributed by atoms with Crippen LogP contribution < -0.4 is 10.6 Å². The van der Waals surface area contributed by atoms with Gasteiger partial charge in [0.25, 0.3) is 5.91 Å². The van der Waals surface area contributed by atoms with Crippen LogP contribution in [0.2, 0.25) is 0 Å². The Morgan fingerprint density at radius 2 is 1.95 bits per heavy atom. The average Bonchev–Trinajstić information content (AvgIpc) is 2.87. The van der Waals surface area contributed by atoms with Gasteiger partial charge in [-0.15, -0.1) is 11.3 Å². The first-order chi connectivity index (χ1) is 9.99. The SMILES string of the molecule is Nc1ccccc1N(CCC(=O)O)C(=O)c1ccc(Br)s1. The van der Waals surface area contributed by atoms with Crippen LogP contribution in [0.3, 0.4) is 0 Å². The van der Waals surface area contributed by atoms with Crippen LogP contribution in [0.25, 0.3) is 0 Å². The maximum absolute atomic E-state index is 12.6. The monoisotopic (exact) mass is 368 g/mol. The molecule has 0 aliphatic heterocycles. The van der Waals surface area contributed by atoms with Crippen LogP contribution in [0.4, 0.5) is 11.4 Å². The summed E-state index contributed by atoms with van der Waals surface area (Å²) in [4.78, 5) is 25.3. The number of thiophene rings is 1. The molecule has 0 fully saturated rings. The van der Waals surface area contributed by atoms with Gasteiger partial charge in [0.2, 0.25) is 0 Å². The summed E-state index contributed by atoms with van der Waals surface area (Å²) < 4.78 is 0.838. The number of carboxylic acid groups (broad SMARTS) is 1. The summed E-state index contributed by atoms with van der Waals surface area (Å²) in [5, 5.41) is 8.86. The number of hydrogen-bond acceptors (Lipinski definition) is 4. The van der Waals surface area contributed by atoms with Crippen molar-refractivity contribution >= 4 is 50.5 Å². The summed E-state index contributed by atoms with van der Waals surface area (Å²) in [6.07, 6.45) is -0.146. The van der Waals surface area contributed by atoms with E-state index in [1.807, 2.05) is 0 Å². The third-order valence-electron chi connectivity index (χ3n) is 2.81. The molecule has 0 spiro atoms. The number of halogens is 1. The molecule has 0 saturated carbocycles. The smallest absolute Gasteiger partial charge is 0.305 e. The van der Waals surface area contributed by atoms with Crippen molar-refractivity contribution in [2.45, 2.75) is 6.42 Å². The van der Waals surface area contributed by atoms with Gasteiger partial charge < -0.3 is 15.7 Å². The van der Waals surface area contributed by atoms with E-state index in [2.05, 4.69) is 15.9 Å². The van der Waals surface area contributed by atoms with Crippen LogP contribution in [-0.2, 0) is 4.79 Å². The zero-order valence-corrected chi connectivity index (χ0v) is 13.4. The Kier molecular flexibility index (Phi) is 4.98. The number of amides is 1. The number of rotatable bonds is 5. The summed E-state index contributed by atoms with van der Waals surface area (Å²) in [6, 6.07) is 10.4. The minimum atomic E-state index is -0.963. The number of anilines is 2. The lowest BCUT2D eigenvalue weighted by atomic mass is 10.2. The van der Waals surface area contributed by atoms with E-state index in [0.29, 0.717) is 16.3 Å². The fourth-order valence-electron chi connectivity index (χ4n) is 1.83. The molecule has 0 aliphatic carbocycles. The molecule has 21 heavy (non-hydrogen) atoms. The molecule has 7 heteroatoms. The minimum absolute atomic E-state index is 0.0674. The van der Waals surface area contributed by atoms with Crippen LogP contribution in [0.1, 0.15) is 16.1 Å². The fraction of sp³-hybridized carbons (Fsp3) is 0.143. The molecule has 2 rings (SSSR count). The minimum Gasteiger partial charge on any atom is -0.481 e. The van der Waals surface area contributed by atoms with Crippen molar-refractivity contribution in [1.29, 1.82) is 0 Å². The number of para-hydroxylation sites is 2. The van der Waals surface area contributed by atoms with Crippen LogP contribution in [0.5, 0.6) is 0 Å². The number of nitrogen functional groups attached to an aromatic ring is 1. The number of nitrogens with zero attached hydrogens (tertiary/aromatic N) is 1. The van der Waals surface area contributed by atoms with Gasteiger partial charge in [-0.1, -0.05) is 12.1 Å². The third kappa shape index (κ3) is 3.83. The fourth-order valence-corrected chi connectivity index (χ4v) is 3.17. The van der Waals surface area contributed by atoms with E-state index in [-0.39, 0.29) is 18.9 Å². The molecule has 1 aromatic heterocycles. The maximum atomic E-state index is 12.6. The van der Waals surface area contributed by atoms with Gasteiger partial charge >= 0.3 is 5.97 Å². The molecule has 1 heterocycles. The van der Waals surface area contributed by atoms with Gasteiger partial charge in [0.15, 0.2) is 0 Å². The largest absolute Gasteiger partial charge is 0.481 e. The Morgan fingerprint density at radius 3 is 2.52 bits per heavy atom. The van der Waals surface area contributed by atoms with Crippen molar-refractivity contribution in [2.75, 3.05) is 17.2 Å². The molecule has 0 unspecified atom stereocenters. The summed E-state index contributed by atoms with van der Waals surface area (Å²) in [6.45, 7) is 0.0674. The lowest BCUT2D eigenvalue weighted by Crippen LogP contribution is -2.33. The second-order valence-electron chi connectivity index (χ2n) is 4.26. The molecule has 0 atom stereocenters. The lowest BCUT2D eigenvalue weighted by molar-refractivity contribution is -0.136. The first-order valence-electron chi connectivity index (χ1n) is 6.12. The van der Waals surface area contributed by atoms with Gasteiger partial charge in [-0.3, -0.25) is 9.59 Å². The molecule has 0 saturated heterocycles. The van der Waals surface area contributed by atoms with E-state index in [9.17, 15) is 9.59 Å². The summed E-state index contributed by atoms with van der Waals surface area (Å²) in [5.41, 5.74) is 6.86. The van der Waals surface area contributed by atoms with E-state index in [0.717, 1.165) is 3.79 Å². The van der Waals surface area contributed by atoms with Gasteiger partial charge in [0.05, 0.1) is 26.5 Å². The second-order valence-corrected chi connectivity index (χ2v) is 6.73. The highest BCUT2D eigenvalue weighted by Crippen LogP contribution is 2.28. The van der Waals surface area contributed by atoms with E-state index >= 15 is 0 Å². The Labute approximate surface area is 134 Å². The Hall–Kier alpha value is -1.86. The topological polar surface area (TPSA) is 83.6 Å². The van der Waals surface area contributed by atoms with Crippen LogP contribution in [-0.4, -0.2) is 23.5 Å². The van der Waals surface area contributed by atoms with Crippen molar-refractivity contribution in [3.05, 3.63) is 45.1 Å². The average molecular weight is 369 g/mol. The third-order valence-corrected chi connectivity index (χ3v) is 4.42. The molecular formula is C14H13BrN2O3S. The Balaban J connectivity index is 2.34. The van der Waals surface area contributed by atoms with Crippen molar-refractivity contribution in [3.63, 3.8) is 0 Å². The molecule has 110 valence electrons. The number of benzene rings is 1.